The van der Waals surface area contributed by atoms with E-state index >= 15 is 0 Å². The molecule has 0 radical (unpaired) electrons. The van der Waals surface area contributed by atoms with Crippen LogP contribution in [0.15, 0.2) is 51.1 Å². The number of hydrogen-bond acceptors (Lipinski definition) is 3. The van der Waals surface area contributed by atoms with Crippen molar-refractivity contribution in [2.24, 2.45) is 16.2 Å². The van der Waals surface area contributed by atoms with Crippen molar-refractivity contribution in [2.75, 3.05) is 7.05 Å². The van der Waals surface area contributed by atoms with Gasteiger partial charge in [-0.3, -0.25) is 0 Å². The molecule has 0 heterocycles. The highest BCUT2D eigenvalue weighted by Crippen LogP contribution is 2.20. The molecule has 0 saturated heterocycles. The summed E-state index contributed by atoms with van der Waals surface area (Å²) in [6.07, 6.45) is 1.37. The van der Waals surface area contributed by atoms with Gasteiger partial charge in [-0.2, -0.15) is 0 Å². The molecule has 1 rings (SSSR count). The molecule has 0 unspecified atom stereocenters. The number of aliphatic hydroxyl groups is 1. The Morgan fingerprint density at radius 3 is 2.21 bits per heavy atom. The Hall–Kier alpha value is -1.13. The maximum absolute atomic E-state index is 12.8. The summed E-state index contributed by atoms with van der Waals surface area (Å²) < 4.78 is 16.8. The van der Waals surface area contributed by atoms with Crippen molar-refractivity contribution in [3.05, 3.63) is 41.8 Å². The van der Waals surface area contributed by atoms with Gasteiger partial charge < -0.3 is 5.11 Å². The van der Waals surface area contributed by atoms with E-state index in [0.29, 0.717) is 4.90 Å². The highest BCUT2D eigenvalue weighted by molar-refractivity contribution is 7.96. The quantitative estimate of drug-likeness (QED) is 0.900. The van der Waals surface area contributed by atoms with E-state index in [9.17, 15) is 9.32 Å². The molecule has 3 atom stereocenters. The van der Waals surface area contributed by atoms with Crippen molar-refractivity contribution in [1.29, 1.82) is 0 Å². The number of aliphatic hydroxyl groups excluding tert-OH is 1. The van der Waals surface area contributed by atoms with Crippen LogP contribution in [0.2, 0.25) is 0 Å². The van der Waals surface area contributed by atoms with E-state index in [4.69, 9.17) is 0 Å². The van der Waals surface area contributed by atoms with Gasteiger partial charge >= 0.3 is 0 Å². The summed E-state index contributed by atoms with van der Waals surface area (Å²) in [6.45, 7) is 5.83. The first-order valence-corrected chi connectivity index (χ1v) is 8.05. The topological polar surface area (TPSA) is 49.7 Å². The minimum absolute atomic E-state index is 0.0220. The lowest BCUT2D eigenvalue weighted by Gasteiger charge is -2.20. The molecule has 0 aliphatic rings. The van der Waals surface area contributed by atoms with Gasteiger partial charge in [0.2, 0.25) is 0 Å². The molecule has 1 N–H and O–H groups in total. The van der Waals surface area contributed by atoms with E-state index in [0.717, 1.165) is 0 Å². The number of nitrogens with zero attached hydrogens (tertiary/aromatic N) is 1. The van der Waals surface area contributed by atoms with Crippen LogP contribution in [0.3, 0.4) is 0 Å². The van der Waals surface area contributed by atoms with E-state index in [1.807, 2.05) is 50.3 Å². The van der Waals surface area contributed by atoms with E-state index in [2.05, 4.69) is 4.36 Å². The van der Waals surface area contributed by atoms with Gasteiger partial charge in [-0.05, 0) is 25.0 Å². The van der Waals surface area contributed by atoms with Crippen LogP contribution in [0.5, 0.6) is 0 Å². The fourth-order valence-corrected chi connectivity index (χ4v) is 3.43. The predicted molar refractivity (Wildman–Crippen MR) is 80.4 cm³/mol. The third-order valence-corrected chi connectivity index (χ3v) is 5.18. The van der Waals surface area contributed by atoms with Gasteiger partial charge in [0.15, 0.2) is 0 Å². The fourth-order valence-electron chi connectivity index (χ4n) is 2.00. The van der Waals surface area contributed by atoms with Gasteiger partial charge in [0.25, 0.3) is 0 Å². The Labute approximate surface area is 116 Å². The number of benzene rings is 1. The molecule has 4 heteroatoms. The molecule has 19 heavy (non-hydrogen) atoms. The average molecular weight is 281 g/mol. The summed E-state index contributed by atoms with van der Waals surface area (Å²) in [6, 6.07) is 9.21. The molecule has 1 aromatic carbocycles. The summed E-state index contributed by atoms with van der Waals surface area (Å²) in [5.41, 5.74) is 0. The van der Waals surface area contributed by atoms with Crippen molar-refractivity contribution < 1.29 is 9.32 Å². The minimum atomic E-state index is -2.53. The van der Waals surface area contributed by atoms with Crippen LogP contribution in [0, 0.1) is 11.8 Å². The van der Waals surface area contributed by atoms with Crippen LogP contribution in [-0.2, 0) is 9.73 Å². The maximum Gasteiger partial charge on any atom is 0.0963 e. The lowest BCUT2D eigenvalue weighted by molar-refractivity contribution is 0.125. The van der Waals surface area contributed by atoms with Gasteiger partial charge in [0.05, 0.1) is 20.7 Å². The van der Waals surface area contributed by atoms with Crippen molar-refractivity contribution in [2.45, 2.75) is 31.8 Å². The van der Waals surface area contributed by atoms with Crippen LogP contribution in [0.1, 0.15) is 20.8 Å². The lowest BCUT2D eigenvalue weighted by atomic mass is 9.91. The first-order valence-electron chi connectivity index (χ1n) is 6.47. The zero-order valence-electron chi connectivity index (χ0n) is 12.0. The standard InChI is InChI=1S/C15H23NO2S/c1-12(2)15(13(3)17)10-11-19(18,16-4)14-8-6-5-7-9-14/h5-13,15,17H,1-4H3/b11-10-/t13-,15-,19+/m0/s1. The number of rotatable bonds is 5. The van der Waals surface area contributed by atoms with Crippen molar-refractivity contribution in [1.82, 2.24) is 0 Å². The third-order valence-electron chi connectivity index (χ3n) is 3.16. The van der Waals surface area contributed by atoms with Gasteiger partial charge in [0, 0.05) is 18.4 Å². The van der Waals surface area contributed by atoms with Crippen molar-refractivity contribution >= 4 is 9.73 Å². The molecule has 1 aromatic rings. The Morgan fingerprint density at radius 1 is 1.21 bits per heavy atom. The Kier molecular flexibility index (Phi) is 5.76. The molecule has 0 spiro atoms. The second-order valence-corrected chi connectivity index (χ2v) is 7.20. The van der Waals surface area contributed by atoms with E-state index < -0.39 is 15.8 Å². The molecule has 0 amide bonds. The zero-order chi connectivity index (χ0) is 14.5. The number of hydrogen-bond donors (Lipinski definition) is 1. The summed E-state index contributed by atoms with van der Waals surface area (Å²) >= 11 is 0. The van der Waals surface area contributed by atoms with Crippen LogP contribution in [-0.4, -0.2) is 22.5 Å². The summed E-state index contributed by atoms with van der Waals surface area (Å²) in [7, 11) is -0.972. The zero-order valence-corrected chi connectivity index (χ0v) is 12.8. The van der Waals surface area contributed by atoms with E-state index in [1.54, 1.807) is 19.4 Å². The van der Waals surface area contributed by atoms with Gasteiger partial charge in [-0.15, -0.1) is 0 Å². The summed E-state index contributed by atoms with van der Waals surface area (Å²) in [5.74, 6) is 0.263. The van der Waals surface area contributed by atoms with Crippen LogP contribution >= 0.6 is 0 Å². The van der Waals surface area contributed by atoms with E-state index in [1.165, 1.54) is 0 Å². The SMILES string of the molecule is CN=[S@@](=O)(/C=C\[C@@H](C(C)C)[C@H](C)O)c1ccccc1. The maximum atomic E-state index is 12.8. The molecule has 3 nitrogen and oxygen atoms in total. The molecular weight excluding hydrogens is 258 g/mol. The smallest absolute Gasteiger partial charge is 0.0963 e. The highest BCUT2D eigenvalue weighted by atomic mass is 32.2. The third kappa shape index (κ3) is 4.18. The molecule has 106 valence electrons. The van der Waals surface area contributed by atoms with Gasteiger partial charge in [-0.1, -0.05) is 38.1 Å². The van der Waals surface area contributed by atoms with Crippen LogP contribution in [0.25, 0.3) is 0 Å². The predicted octanol–water partition coefficient (Wildman–Crippen LogP) is 3.31. The lowest BCUT2D eigenvalue weighted by Crippen LogP contribution is -2.20. The summed E-state index contributed by atoms with van der Waals surface area (Å²) in [5, 5.41) is 11.4. The minimum Gasteiger partial charge on any atom is -0.393 e. The van der Waals surface area contributed by atoms with Crippen molar-refractivity contribution in [3.8, 4) is 0 Å². The fraction of sp³-hybridized carbons (Fsp3) is 0.467. The van der Waals surface area contributed by atoms with Crippen LogP contribution in [0.4, 0.5) is 0 Å². The Morgan fingerprint density at radius 2 is 1.79 bits per heavy atom. The second-order valence-electron chi connectivity index (χ2n) is 4.95. The first kappa shape index (κ1) is 15.9. The van der Waals surface area contributed by atoms with Crippen LogP contribution < -0.4 is 0 Å². The molecule has 0 bridgehead atoms. The molecule has 0 fully saturated rings. The molecule has 0 aromatic heterocycles. The highest BCUT2D eigenvalue weighted by Gasteiger charge is 2.17. The van der Waals surface area contributed by atoms with E-state index in [-0.39, 0.29) is 11.8 Å². The van der Waals surface area contributed by atoms with Crippen molar-refractivity contribution in [3.63, 3.8) is 0 Å². The van der Waals surface area contributed by atoms with Gasteiger partial charge in [-0.25, -0.2) is 8.57 Å². The largest absolute Gasteiger partial charge is 0.393 e. The van der Waals surface area contributed by atoms with Gasteiger partial charge in [0.1, 0.15) is 0 Å². The molecule has 0 aliphatic carbocycles. The molecule has 0 aliphatic heterocycles. The Balaban J connectivity index is 3.10. The Bertz CT molecular complexity index is 518. The average Bonchev–Trinajstić information content (AvgIpc) is 2.38. The first-order chi connectivity index (χ1) is 8.90. The normalized spacial score (nSPS) is 18.2. The monoisotopic (exact) mass is 281 g/mol. The molecular formula is C15H23NO2S. The summed E-state index contributed by atoms with van der Waals surface area (Å²) in [4.78, 5) is 0.696. The molecule has 0 saturated carbocycles. The second kappa shape index (κ2) is 6.87.